The summed E-state index contributed by atoms with van der Waals surface area (Å²) < 4.78 is 33.2. The van der Waals surface area contributed by atoms with Crippen LogP contribution < -0.4 is 14.8 Å². The van der Waals surface area contributed by atoms with Crippen LogP contribution in [-0.2, 0) is 10.0 Å². The quantitative estimate of drug-likeness (QED) is 0.537. The molecule has 0 fully saturated rings. The smallest absolute Gasteiger partial charge is 0.261 e. The third-order valence-electron chi connectivity index (χ3n) is 4.39. The average molecular weight is 425 g/mol. The van der Waals surface area contributed by atoms with Crippen LogP contribution in [0.3, 0.4) is 0 Å². The van der Waals surface area contributed by atoms with Crippen LogP contribution in [-0.4, -0.2) is 27.5 Å². The molecule has 7 heteroatoms. The zero-order chi connectivity index (χ0) is 21.6. The Balaban J connectivity index is 1.56. The maximum Gasteiger partial charge on any atom is 0.261 e. The number of anilines is 1. The lowest BCUT2D eigenvalue weighted by Crippen LogP contribution is -2.28. The van der Waals surface area contributed by atoms with E-state index in [2.05, 4.69) is 10.0 Å². The SMILES string of the molecule is Cc1ccc(OCCNC(=O)c2cccc(NS(=O)(=O)c3ccc(C)cc3)c2)cc1. The maximum atomic E-state index is 12.5. The van der Waals surface area contributed by atoms with Crippen LogP contribution >= 0.6 is 0 Å². The minimum Gasteiger partial charge on any atom is -0.492 e. The van der Waals surface area contributed by atoms with Crippen molar-refractivity contribution in [1.29, 1.82) is 0 Å². The van der Waals surface area contributed by atoms with E-state index in [0.29, 0.717) is 24.4 Å². The Labute approximate surface area is 177 Å². The molecule has 3 aromatic rings. The zero-order valence-corrected chi connectivity index (χ0v) is 17.7. The van der Waals surface area contributed by atoms with Gasteiger partial charge in [-0.05, 0) is 56.3 Å². The van der Waals surface area contributed by atoms with Crippen molar-refractivity contribution in [2.24, 2.45) is 0 Å². The molecule has 0 heterocycles. The first-order valence-corrected chi connectivity index (χ1v) is 11.0. The van der Waals surface area contributed by atoms with Crippen molar-refractivity contribution in [2.75, 3.05) is 17.9 Å². The third-order valence-corrected chi connectivity index (χ3v) is 5.78. The second-order valence-corrected chi connectivity index (χ2v) is 8.60. The summed E-state index contributed by atoms with van der Waals surface area (Å²) in [6.07, 6.45) is 0. The zero-order valence-electron chi connectivity index (χ0n) is 16.9. The van der Waals surface area contributed by atoms with E-state index in [1.807, 2.05) is 38.1 Å². The van der Waals surface area contributed by atoms with E-state index >= 15 is 0 Å². The van der Waals surface area contributed by atoms with E-state index in [9.17, 15) is 13.2 Å². The summed E-state index contributed by atoms with van der Waals surface area (Å²) in [4.78, 5) is 12.5. The Kier molecular flexibility index (Phi) is 6.74. The molecule has 30 heavy (non-hydrogen) atoms. The van der Waals surface area contributed by atoms with Gasteiger partial charge >= 0.3 is 0 Å². The second-order valence-electron chi connectivity index (χ2n) is 6.92. The number of amides is 1. The first-order valence-electron chi connectivity index (χ1n) is 9.51. The Hall–Kier alpha value is -3.32. The van der Waals surface area contributed by atoms with Crippen LogP contribution in [0.5, 0.6) is 5.75 Å². The Bertz CT molecular complexity index is 1110. The van der Waals surface area contributed by atoms with Crippen LogP contribution in [0.15, 0.2) is 77.7 Å². The van der Waals surface area contributed by atoms with E-state index in [1.165, 1.54) is 6.07 Å². The molecule has 0 aromatic heterocycles. The Morgan fingerprint density at radius 2 is 1.53 bits per heavy atom. The number of hydrogen-bond acceptors (Lipinski definition) is 4. The van der Waals surface area contributed by atoms with Gasteiger partial charge in [0.25, 0.3) is 15.9 Å². The molecular weight excluding hydrogens is 400 g/mol. The topological polar surface area (TPSA) is 84.5 Å². The molecule has 1 amide bonds. The molecule has 0 aliphatic heterocycles. The van der Waals surface area contributed by atoms with Gasteiger partial charge in [0.2, 0.25) is 0 Å². The van der Waals surface area contributed by atoms with E-state index < -0.39 is 10.0 Å². The predicted molar refractivity (Wildman–Crippen MR) is 117 cm³/mol. The van der Waals surface area contributed by atoms with Crippen molar-refractivity contribution in [2.45, 2.75) is 18.7 Å². The Morgan fingerprint density at radius 1 is 0.900 bits per heavy atom. The molecule has 0 radical (unpaired) electrons. The molecule has 0 saturated heterocycles. The summed E-state index contributed by atoms with van der Waals surface area (Å²) in [7, 11) is -3.73. The molecule has 0 saturated carbocycles. The fourth-order valence-electron chi connectivity index (χ4n) is 2.73. The standard InChI is InChI=1S/C23H24N2O4S/c1-17-6-10-21(11-7-17)29-15-14-24-23(26)19-4-3-5-20(16-19)25-30(27,28)22-12-8-18(2)9-13-22/h3-13,16,25H,14-15H2,1-2H3,(H,24,26). The average Bonchev–Trinajstić information content (AvgIpc) is 2.72. The third kappa shape index (κ3) is 5.84. The molecule has 156 valence electrons. The number of benzene rings is 3. The number of ether oxygens (including phenoxy) is 1. The molecule has 0 atom stereocenters. The van der Waals surface area contributed by atoms with E-state index in [0.717, 1.165) is 16.9 Å². The minimum absolute atomic E-state index is 0.163. The summed E-state index contributed by atoms with van der Waals surface area (Å²) in [5, 5.41) is 2.77. The molecule has 6 nitrogen and oxygen atoms in total. The lowest BCUT2D eigenvalue weighted by Gasteiger charge is -2.11. The lowest BCUT2D eigenvalue weighted by atomic mass is 10.2. The van der Waals surface area contributed by atoms with Crippen molar-refractivity contribution in [3.05, 3.63) is 89.5 Å². The van der Waals surface area contributed by atoms with Crippen molar-refractivity contribution < 1.29 is 17.9 Å². The van der Waals surface area contributed by atoms with E-state index in [-0.39, 0.29) is 10.8 Å². The number of carbonyl (C=O) groups is 1. The van der Waals surface area contributed by atoms with Gasteiger partial charge in [0.15, 0.2) is 0 Å². The largest absolute Gasteiger partial charge is 0.492 e. The van der Waals surface area contributed by atoms with Crippen molar-refractivity contribution in [3.8, 4) is 5.75 Å². The number of aryl methyl sites for hydroxylation is 2. The highest BCUT2D eigenvalue weighted by Crippen LogP contribution is 2.18. The van der Waals surface area contributed by atoms with Crippen molar-refractivity contribution in [3.63, 3.8) is 0 Å². The molecule has 0 unspecified atom stereocenters. The van der Waals surface area contributed by atoms with E-state index in [4.69, 9.17) is 4.74 Å². The van der Waals surface area contributed by atoms with Gasteiger partial charge in [-0.3, -0.25) is 9.52 Å². The highest BCUT2D eigenvalue weighted by atomic mass is 32.2. The van der Waals surface area contributed by atoms with Gasteiger partial charge in [0.1, 0.15) is 12.4 Å². The fourth-order valence-corrected chi connectivity index (χ4v) is 3.77. The molecular formula is C23H24N2O4S. The highest BCUT2D eigenvalue weighted by Gasteiger charge is 2.15. The van der Waals surface area contributed by atoms with Gasteiger partial charge in [-0.1, -0.05) is 41.5 Å². The van der Waals surface area contributed by atoms with Gasteiger partial charge in [-0.15, -0.1) is 0 Å². The highest BCUT2D eigenvalue weighted by molar-refractivity contribution is 7.92. The summed E-state index contributed by atoms with van der Waals surface area (Å²) in [5.74, 6) is 0.432. The summed E-state index contributed by atoms with van der Waals surface area (Å²) in [6.45, 7) is 4.54. The number of carbonyl (C=O) groups excluding carboxylic acids is 1. The van der Waals surface area contributed by atoms with Gasteiger partial charge < -0.3 is 10.1 Å². The fraction of sp³-hybridized carbons (Fsp3) is 0.174. The molecule has 0 spiro atoms. The summed E-state index contributed by atoms with van der Waals surface area (Å²) in [5.41, 5.74) is 2.79. The normalized spacial score (nSPS) is 11.0. The molecule has 2 N–H and O–H groups in total. The van der Waals surface area contributed by atoms with Crippen LogP contribution in [0.25, 0.3) is 0 Å². The first-order chi connectivity index (χ1) is 14.3. The molecule has 0 aliphatic rings. The minimum atomic E-state index is -3.73. The van der Waals surface area contributed by atoms with Gasteiger partial charge in [-0.25, -0.2) is 8.42 Å². The van der Waals surface area contributed by atoms with Gasteiger partial charge in [0, 0.05) is 11.3 Å². The number of nitrogens with one attached hydrogen (secondary N) is 2. The van der Waals surface area contributed by atoms with Crippen LogP contribution in [0.2, 0.25) is 0 Å². The summed E-state index contributed by atoms with van der Waals surface area (Å²) in [6, 6.07) is 20.6. The van der Waals surface area contributed by atoms with E-state index in [1.54, 1.807) is 42.5 Å². The second kappa shape index (κ2) is 9.45. The van der Waals surface area contributed by atoms with Crippen molar-refractivity contribution >= 4 is 21.6 Å². The number of hydrogen-bond donors (Lipinski definition) is 2. The molecule has 3 aromatic carbocycles. The monoisotopic (exact) mass is 424 g/mol. The van der Waals surface area contributed by atoms with Crippen LogP contribution in [0, 0.1) is 13.8 Å². The lowest BCUT2D eigenvalue weighted by molar-refractivity contribution is 0.0947. The number of sulfonamides is 1. The summed E-state index contributed by atoms with van der Waals surface area (Å²) >= 11 is 0. The van der Waals surface area contributed by atoms with Crippen LogP contribution in [0.1, 0.15) is 21.5 Å². The van der Waals surface area contributed by atoms with Gasteiger partial charge in [-0.2, -0.15) is 0 Å². The molecule has 3 rings (SSSR count). The Morgan fingerprint density at radius 3 is 2.20 bits per heavy atom. The van der Waals surface area contributed by atoms with Crippen molar-refractivity contribution in [1.82, 2.24) is 5.32 Å². The molecule has 0 bridgehead atoms. The predicted octanol–water partition coefficient (Wildman–Crippen LogP) is 3.91. The van der Waals surface area contributed by atoms with Crippen LogP contribution in [0.4, 0.5) is 5.69 Å². The number of rotatable bonds is 8. The first kappa shape index (κ1) is 21.4. The molecule has 0 aliphatic carbocycles. The van der Waals surface area contributed by atoms with Gasteiger partial charge in [0.05, 0.1) is 11.4 Å². The maximum absolute atomic E-state index is 12.5.